The Morgan fingerprint density at radius 1 is 1.17 bits per heavy atom. The van der Waals surface area contributed by atoms with Crippen molar-refractivity contribution in [3.63, 3.8) is 0 Å². The van der Waals surface area contributed by atoms with E-state index in [1.54, 1.807) is 4.68 Å². The van der Waals surface area contributed by atoms with Gasteiger partial charge in [0, 0.05) is 12.1 Å². The van der Waals surface area contributed by atoms with Crippen LogP contribution in [0.2, 0.25) is 0 Å². The maximum absolute atomic E-state index is 12.7. The predicted molar refractivity (Wildman–Crippen MR) is 93.1 cm³/mol. The minimum absolute atomic E-state index is 0.135. The molecule has 0 saturated carbocycles. The second-order valence-electron chi connectivity index (χ2n) is 6.38. The molecular weight excluding hydrogens is 308 g/mol. The molecule has 0 aliphatic rings. The minimum Gasteiger partial charge on any atom is -0.293 e. The van der Waals surface area contributed by atoms with Crippen molar-refractivity contribution in [3.8, 4) is 0 Å². The SMILES string of the molecule is Cc1cc(C)c(C)c(C(=O)CSc2nnnn2CC(C)C)c1C. The minimum atomic E-state index is 0.135. The summed E-state index contributed by atoms with van der Waals surface area (Å²) in [6.45, 7) is 13.1. The number of carbonyl (C=O) groups excluding carboxylic acids is 1. The van der Waals surface area contributed by atoms with Crippen LogP contribution in [0.1, 0.15) is 46.5 Å². The summed E-state index contributed by atoms with van der Waals surface area (Å²) in [5.41, 5.74) is 5.30. The van der Waals surface area contributed by atoms with Gasteiger partial charge in [-0.15, -0.1) is 5.10 Å². The number of ketones is 1. The quantitative estimate of drug-likeness (QED) is 0.598. The number of Topliss-reactive ketones (excluding diaryl/α,β-unsaturated/α-hetero) is 1. The van der Waals surface area contributed by atoms with Crippen LogP contribution in [-0.2, 0) is 6.54 Å². The van der Waals surface area contributed by atoms with Crippen LogP contribution in [0.25, 0.3) is 0 Å². The average Bonchev–Trinajstić information content (AvgIpc) is 2.89. The van der Waals surface area contributed by atoms with Gasteiger partial charge in [0.05, 0.1) is 5.75 Å². The van der Waals surface area contributed by atoms with E-state index in [1.165, 1.54) is 11.8 Å². The number of rotatable bonds is 6. The lowest BCUT2D eigenvalue weighted by Crippen LogP contribution is -2.12. The summed E-state index contributed by atoms with van der Waals surface area (Å²) in [5.74, 6) is 0.941. The third kappa shape index (κ3) is 3.99. The van der Waals surface area contributed by atoms with Crippen LogP contribution < -0.4 is 0 Å². The van der Waals surface area contributed by atoms with Gasteiger partial charge in [0.2, 0.25) is 5.16 Å². The van der Waals surface area contributed by atoms with Gasteiger partial charge < -0.3 is 0 Å². The summed E-state index contributed by atoms with van der Waals surface area (Å²) in [6.07, 6.45) is 0. The Hall–Kier alpha value is -1.69. The van der Waals surface area contributed by atoms with E-state index < -0.39 is 0 Å². The number of carbonyl (C=O) groups is 1. The second-order valence-corrected chi connectivity index (χ2v) is 7.33. The lowest BCUT2D eigenvalue weighted by atomic mass is 9.92. The monoisotopic (exact) mass is 332 g/mol. The zero-order valence-corrected chi connectivity index (χ0v) is 15.5. The van der Waals surface area contributed by atoms with Crippen LogP contribution in [0.3, 0.4) is 0 Å². The smallest absolute Gasteiger partial charge is 0.209 e. The van der Waals surface area contributed by atoms with Gasteiger partial charge >= 0.3 is 0 Å². The Morgan fingerprint density at radius 3 is 2.35 bits per heavy atom. The molecule has 1 aromatic carbocycles. The molecule has 0 aliphatic heterocycles. The molecule has 0 atom stereocenters. The van der Waals surface area contributed by atoms with Crippen LogP contribution in [0.15, 0.2) is 11.2 Å². The molecular formula is C17H24N4OS. The molecule has 124 valence electrons. The van der Waals surface area contributed by atoms with Crippen LogP contribution in [0.4, 0.5) is 0 Å². The normalized spacial score (nSPS) is 11.3. The molecule has 1 heterocycles. The predicted octanol–water partition coefficient (Wildman–Crippen LogP) is 3.54. The van der Waals surface area contributed by atoms with Gasteiger partial charge in [-0.1, -0.05) is 31.7 Å². The highest BCUT2D eigenvalue weighted by molar-refractivity contribution is 7.99. The number of nitrogens with zero attached hydrogens (tertiary/aromatic N) is 4. The topological polar surface area (TPSA) is 60.7 Å². The third-order valence-electron chi connectivity index (χ3n) is 4.01. The van der Waals surface area contributed by atoms with E-state index >= 15 is 0 Å². The summed E-state index contributed by atoms with van der Waals surface area (Å²) < 4.78 is 1.77. The van der Waals surface area contributed by atoms with Gasteiger partial charge in [-0.2, -0.15) is 0 Å². The lowest BCUT2D eigenvalue weighted by molar-refractivity contribution is 0.102. The van der Waals surface area contributed by atoms with Crippen molar-refractivity contribution >= 4 is 17.5 Å². The van der Waals surface area contributed by atoms with Crippen molar-refractivity contribution in [2.24, 2.45) is 5.92 Å². The van der Waals surface area contributed by atoms with Crippen molar-refractivity contribution < 1.29 is 4.79 Å². The van der Waals surface area contributed by atoms with Gasteiger partial charge in [-0.25, -0.2) is 4.68 Å². The Bertz CT molecular complexity index is 695. The molecule has 0 aliphatic carbocycles. The van der Waals surface area contributed by atoms with Crippen molar-refractivity contribution in [2.75, 3.05) is 5.75 Å². The lowest BCUT2D eigenvalue weighted by Gasteiger charge is -2.14. The first-order valence-electron chi connectivity index (χ1n) is 7.80. The first-order chi connectivity index (χ1) is 10.8. The van der Waals surface area contributed by atoms with Gasteiger partial charge in [-0.3, -0.25) is 4.79 Å². The Labute approximate surface area is 141 Å². The number of benzene rings is 1. The summed E-state index contributed by atoms with van der Waals surface area (Å²) in [4.78, 5) is 12.7. The first kappa shape index (κ1) is 17.7. The van der Waals surface area contributed by atoms with Crippen LogP contribution in [-0.4, -0.2) is 31.7 Å². The number of thioether (sulfide) groups is 1. The van der Waals surface area contributed by atoms with Crippen LogP contribution in [0, 0.1) is 33.6 Å². The number of hydrogen-bond acceptors (Lipinski definition) is 5. The zero-order chi connectivity index (χ0) is 17.1. The molecule has 0 fully saturated rings. The molecule has 5 nitrogen and oxygen atoms in total. The van der Waals surface area contributed by atoms with E-state index in [2.05, 4.69) is 49.3 Å². The Balaban J connectivity index is 2.17. The van der Waals surface area contributed by atoms with Crippen LogP contribution in [0.5, 0.6) is 0 Å². The molecule has 23 heavy (non-hydrogen) atoms. The number of aromatic nitrogens is 4. The van der Waals surface area contributed by atoms with E-state index in [9.17, 15) is 4.79 Å². The molecule has 0 amide bonds. The van der Waals surface area contributed by atoms with Gasteiger partial charge in [0.15, 0.2) is 5.78 Å². The highest BCUT2D eigenvalue weighted by Gasteiger charge is 2.17. The maximum Gasteiger partial charge on any atom is 0.209 e. The number of aryl methyl sites for hydroxylation is 2. The molecule has 0 unspecified atom stereocenters. The third-order valence-corrected chi connectivity index (χ3v) is 4.97. The van der Waals surface area contributed by atoms with Crippen molar-refractivity contribution in [3.05, 3.63) is 33.9 Å². The molecule has 2 aromatic rings. The molecule has 1 aromatic heterocycles. The fourth-order valence-electron chi connectivity index (χ4n) is 2.60. The summed E-state index contributed by atoms with van der Waals surface area (Å²) >= 11 is 1.41. The van der Waals surface area contributed by atoms with Gasteiger partial charge in [-0.05, 0) is 66.3 Å². The fourth-order valence-corrected chi connectivity index (χ4v) is 3.36. The second kappa shape index (κ2) is 7.25. The van der Waals surface area contributed by atoms with Crippen molar-refractivity contribution in [1.82, 2.24) is 20.2 Å². The number of hydrogen-bond donors (Lipinski definition) is 0. The fraction of sp³-hybridized carbons (Fsp3) is 0.529. The molecule has 2 rings (SSSR count). The highest BCUT2D eigenvalue weighted by Crippen LogP contribution is 2.24. The molecule has 0 spiro atoms. The summed E-state index contributed by atoms with van der Waals surface area (Å²) in [7, 11) is 0. The Morgan fingerprint density at radius 2 is 1.78 bits per heavy atom. The largest absolute Gasteiger partial charge is 0.293 e. The highest BCUT2D eigenvalue weighted by atomic mass is 32.2. The van der Waals surface area contributed by atoms with E-state index in [-0.39, 0.29) is 5.78 Å². The van der Waals surface area contributed by atoms with E-state index in [4.69, 9.17) is 0 Å². The molecule has 0 N–H and O–H groups in total. The molecule has 0 saturated heterocycles. The zero-order valence-electron chi connectivity index (χ0n) is 14.7. The first-order valence-corrected chi connectivity index (χ1v) is 8.79. The van der Waals surface area contributed by atoms with Gasteiger partial charge in [0.25, 0.3) is 0 Å². The molecule has 0 bridgehead atoms. The number of tetrazole rings is 1. The maximum atomic E-state index is 12.7. The van der Waals surface area contributed by atoms with Gasteiger partial charge in [0.1, 0.15) is 0 Å². The van der Waals surface area contributed by atoms with E-state index in [0.717, 1.165) is 34.4 Å². The van der Waals surface area contributed by atoms with Crippen LogP contribution >= 0.6 is 11.8 Å². The molecule has 0 radical (unpaired) electrons. The Kier molecular flexibility index (Phi) is 5.57. The van der Waals surface area contributed by atoms with Crippen molar-refractivity contribution in [2.45, 2.75) is 53.2 Å². The van der Waals surface area contributed by atoms with E-state index in [0.29, 0.717) is 16.8 Å². The summed E-state index contributed by atoms with van der Waals surface area (Å²) in [6, 6.07) is 2.14. The standard InChI is InChI=1S/C17H24N4OS/c1-10(2)8-21-17(18-19-20-21)23-9-15(22)16-13(5)11(3)7-12(4)14(16)6/h7,10H,8-9H2,1-6H3. The molecule has 6 heteroatoms. The van der Waals surface area contributed by atoms with Crippen molar-refractivity contribution in [1.29, 1.82) is 0 Å². The van der Waals surface area contributed by atoms with E-state index in [1.807, 2.05) is 13.8 Å². The summed E-state index contributed by atoms with van der Waals surface area (Å²) in [5, 5.41) is 12.4. The average molecular weight is 332 g/mol.